The van der Waals surface area contributed by atoms with E-state index >= 15 is 0 Å². The molecule has 0 atom stereocenters. The number of sulfonamides is 1. The van der Waals surface area contributed by atoms with E-state index in [2.05, 4.69) is 0 Å². The van der Waals surface area contributed by atoms with E-state index in [1.807, 2.05) is 18.2 Å². The van der Waals surface area contributed by atoms with E-state index in [9.17, 15) is 18.0 Å². The van der Waals surface area contributed by atoms with Crippen molar-refractivity contribution in [1.82, 2.24) is 9.21 Å². The van der Waals surface area contributed by atoms with Crippen LogP contribution < -0.4 is 4.74 Å². The maximum absolute atomic E-state index is 12.6. The lowest BCUT2D eigenvalue weighted by Gasteiger charge is -2.34. The first-order chi connectivity index (χ1) is 14.9. The molecular weight excluding hydrogens is 420 g/mol. The Kier molecular flexibility index (Phi) is 7.64. The fraction of sp³-hybridized carbons (Fsp3) is 0.364. The van der Waals surface area contributed by atoms with E-state index in [0.717, 1.165) is 5.56 Å². The van der Waals surface area contributed by atoms with Gasteiger partial charge < -0.3 is 14.4 Å². The van der Waals surface area contributed by atoms with Crippen LogP contribution in [0.4, 0.5) is 0 Å². The fourth-order valence-electron chi connectivity index (χ4n) is 3.23. The quantitative estimate of drug-likeness (QED) is 0.575. The summed E-state index contributed by atoms with van der Waals surface area (Å²) in [5.41, 5.74) is 1.15. The van der Waals surface area contributed by atoms with Crippen LogP contribution in [0, 0.1) is 0 Å². The number of rotatable bonds is 8. The zero-order chi connectivity index (χ0) is 22.3. The minimum atomic E-state index is -3.43. The van der Waals surface area contributed by atoms with Crippen LogP contribution in [0.25, 0.3) is 0 Å². The highest BCUT2D eigenvalue weighted by atomic mass is 32.2. The van der Waals surface area contributed by atoms with Crippen molar-refractivity contribution in [2.75, 3.05) is 39.4 Å². The van der Waals surface area contributed by atoms with Gasteiger partial charge in [0, 0.05) is 26.2 Å². The lowest BCUT2D eigenvalue weighted by atomic mass is 10.2. The van der Waals surface area contributed by atoms with Gasteiger partial charge in [0.05, 0.1) is 17.9 Å². The highest BCUT2D eigenvalue weighted by Crippen LogP contribution is 2.15. The number of benzene rings is 2. The van der Waals surface area contributed by atoms with Crippen LogP contribution in [0.15, 0.2) is 54.6 Å². The van der Waals surface area contributed by atoms with Crippen LogP contribution in [-0.4, -0.2) is 68.9 Å². The van der Waals surface area contributed by atoms with Gasteiger partial charge in [-0.2, -0.15) is 4.31 Å². The Bertz CT molecular complexity index is 984. The molecule has 0 spiro atoms. The third-order valence-corrected chi connectivity index (χ3v) is 6.75. The number of hydrogen-bond acceptors (Lipinski definition) is 6. The standard InChI is InChI=1S/C22H26N2O6S/c1-2-29-22(26)19-8-10-20(11-9-19)30-16-21(25)23-12-14-24(15-13-23)31(27,28)17-18-6-4-3-5-7-18/h3-11H,2,12-17H2,1H3. The topological polar surface area (TPSA) is 93.2 Å². The van der Waals surface area contributed by atoms with Crippen LogP contribution in [0.2, 0.25) is 0 Å². The van der Waals surface area contributed by atoms with Crippen molar-refractivity contribution in [2.24, 2.45) is 0 Å². The minimum absolute atomic E-state index is 0.0489. The lowest BCUT2D eigenvalue weighted by molar-refractivity contribution is -0.134. The van der Waals surface area contributed by atoms with Crippen molar-refractivity contribution in [1.29, 1.82) is 0 Å². The Morgan fingerprint density at radius 3 is 2.19 bits per heavy atom. The van der Waals surface area contributed by atoms with Crippen molar-refractivity contribution in [3.8, 4) is 5.75 Å². The molecule has 2 aromatic rings. The Hall–Kier alpha value is -2.91. The molecule has 1 saturated heterocycles. The maximum Gasteiger partial charge on any atom is 0.338 e. The van der Waals surface area contributed by atoms with Crippen LogP contribution >= 0.6 is 0 Å². The summed E-state index contributed by atoms with van der Waals surface area (Å²) in [6.45, 7) is 3.03. The zero-order valence-corrected chi connectivity index (χ0v) is 18.2. The molecule has 1 heterocycles. The summed E-state index contributed by atoms with van der Waals surface area (Å²) >= 11 is 0. The number of carbonyl (C=O) groups excluding carboxylic acids is 2. The van der Waals surface area contributed by atoms with Gasteiger partial charge in [-0.25, -0.2) is 13.2 Å². The van der Waals surface area contributed by atoms with E-state index in [0.29, 0.717) is 31.0 Å². The van der Waals surface area contributed by atoms with Crippen molar-refractivity contribution in [2.45, 2.75) is 12.7 Å². The molecule has 1 aliphatic heterocycles. The van der Waals surface area contributed by atoms with Crippen molar-refractivity contribution in [3.63, 3.8) is 0 Å². The SMILES string of the molecule is CCOC(=O)c1ccc(OCC(=O)N2CCN(S(=O)(=O)Cc3ccccc3)CC2)cc1. The second-order valence-corrected chi connectivity index (χ2v) is 9.02. The third-order valence-electron chi connectivity index (χ3n) is 4.90. The second kappa shape index (κ2) is 10.4. The van der Waals surface area contributed by atoms with Gasteiger partial charge in [0.1, 0.15) is 5.75 Å². The molecule has 0 N–H and O–H groups in total. The fourth-order valence-corrected chi connectivity index (χ4v) is 4.75. The Morgan fingerprint density at radius 1 is 0.935 bits per heavy atom. The molecule has 0 saturated carbocycles. The van der Waals surface area contributed by atoms with Crippen LogP contribution in [0.1, 0.15) is 22.8 Å². The molecule has 0 aromatic heterocycles. The second-order valence-electron chi connectivity index (χ2n) is 7.06. The average Bonchev–Trinajstić information content (AvgIpc) is 2.78. The molecule has 1 fully saturated rings. The first-order valence-electron chi connectivity index (χ1n) is 10.1. The maximum atomic E-state index is 12.6. The Labute approximate surface area is 182 Å². The molecule has 0 bridgehead atoms. The number of ether oxygens (including phenoxy) is 2. The molecule has 3 rings (SSSR count). The van der Waals surface area contributed by atoms with E-state index in [4.69, 9.17) is 9.47 Å². The van der Waals surface area contributed by atoms with Crippen LogP contribution in [0.5, 0.6) is 5.75 Å². The van der Waals surface area contributed by atoms with Gasteiger partial charge in [-0.1, -0.05) is 30.3 Å². The third kappa shape index (κ3) is 6.28. The summed E-state index contributed by atoms with van der Waals surface area (Å²) in [7, 11) is -3.43. The largest absolute Gasteiger partial charge is 0.484 e. The van der Waals surface area contributed by atoms with Gasteiger partial charge in [0.15, 0.2) is 6.61 Å². The van der Waals surface area contributed by atoms with Gasteiger partial charge >= 0.3 is 5.97 Å². The normalized spacial score (nSPS) is 14.8. The summed E-state index contributed by atoms with van der Waals surface area (Å²) in [5.74, 6) is -0.211. The molecule has 166 valence electrons. The number of esters is 1. The summed E-state index contributed by atoms with van der Waals surface area (Å²) in [5, 5.41) is 0. The summed E-state index contributed by atoms with van der Waals surface area (Å²) in [4.78, 5) is 25.7. The first kappa shape index (κ1) is 22.8. The van der Waals surface area contributed by atoms with Gasteiger partial charge in [0.2, 0.25) is 10.0 Å². The summed E-state index contributed by atoms with van der Waals surface area (Å²) < 4.78 is 37.1. The van der Waals surface area contributed by atoms with Crippen molar-refractivity contribution >= 4 is 21.9 Å². The predicted octanol–water partition coefficient (Wildman–Crippen LogP) is 1.92. The minimum Gasteiger partial charge on any atom is -0.484 e. The average molecular weight is 447 g/mol. The number of hydrogen-bond donors (Lipinski definition) is 0. The zero-order valence-electron chi connectivity index (χ0n) is 17.4. The molecule has 8 nitrogen and oxygen atoms in total. The highest BCUT2D eigenvalue weighted by Gasteiger charge is 2.29. The molecule has 9 heteroatoms. The molecule has 0 unspecified atom stereocenters. The molecular formula is C22H26N2O6S. The summed E-state index contributed by atoms with van der Waals surface area (Å²) in [6.07, 6.45) is 0. The predicted molar refractivity (Wildman–Crippen MR) is 115 cm³/mol. The smallest absolute Gasteiger partial charge is 0.338 e. The molecule has 2 aromatic carbocycles. The van der Waals surface area contributed by atoms with Crippen LogP contribution in [-0.2, 0) is 25.3 Å². The number of nitrogens with zero attached hydrogens (tertiary/aromatic N) is 2. The van der Waals surface area contributed by atoms with E-state index < -0.39 is 16.0 Å². The van der Waals surface area contributed by atoms with Gasteiger partial charge in [-0.15, -0.1) is 0 Å². The van der Waals surface area contributed by atoms with Crippen molar-refractivity contribution < 1.29 is 27.5 Å². The van der Waals surface area contributed by atoms with E-state index in [1.165, 1.54) is 4.31 Å². The molecule has 31 heavy (non-hydrogen) atoms. The molecule has 0 aliphatic carbocycles. The first-order valence-corrected chi connectivity index (χ1v) is 11.7. The molecule has 1 amide bonds. The Balaban J connectivity index is 1.46. The van der Waals surface area contributed by atoms with E-state index in [1.54, 1.807) is 48.2 Å². The highest BCUT2D eigenvalue weighted by molar-refractivity contribution is 7.88. The summed E-state index contributed by atoms with van der Waals surface area (Å²) in [6, 6.07) is 15.4. The van der Waals surface area contributed by atoms with Crippen molar-refractivity contribution in [3.05, 3.63) is 65.7 Å². The van der Waals surface area contributed by atoms with E-state index in [-0.39, 0.29) is 31.4 Å². The van der Waals surface area contributed by atoms with Gasteiger partial charge in [-0.3, -0.25) is 4.79 Å². The van der Waals surface area contributed by atoms with Gasteiger partial charge in [-0.05, 0) is 36.8 Å². The number of amides is 1. The lowest BCUT2D eigenvalue weighted by Crippen LogP contribution is -2.51. The Morgan fingerprint density at radius 2 is 1.58 bits per heavy atom. The molecule has 0 radical (unpaired) electrons. The number of carbonyl (C=O) groups is 2. The monoisotopic (exact) mass is 446 g/mol. The van der Waals surface area contributed by atoms with Gasteiger partial charge in [0.25, 0.3) is 5.91 Å². The van der Waals surface area contributed by atoms with Crippen LogP contribution in [0.3, 0.4) is 0 Å². The molecule has 1 aliphatic rings. The number of piperazine rings is 1.